The molecule has 0 spiro atoms. The molecule has 3 heteroatoms. The van der Waals surface area contributed by atoms with E-state index in [2.05, 4.69) is 249 Å². The van der Waals surface area contributed by atoms with E-state index in [0.29, 0.717) is 5.82 Å². The van der Waals surface area contributed by atoms with Gasteiger partial charge in [-0.25, -0.2) is 15.0 Å². The van der Waals surface area contributed by atoms with Crippen LogP contribution in [0.15, 0.2) is 261 Å². The highest BCUT2D eigenvalue weighted by atomic mass is 14.9. The van der Waals surface area contributed by atoms with Crippen LogP contribution in [0, 0.1) is 0 Å². The van der Waals surface area contributed by atoms with Crippen LogP contribution in [-0.2, 0) is 0 Å². The van der Waals surface area contributed by atoms with Gasteiger partial charge in [-0.15, -0.1) is 0 Å². The lowest BCUT2D eigenvalue weighted by Gasteiger charge is -2.23. The van der Waals surface area contributed by atoms with E-state index in [1.54, 1.807) is 0 Å². The zero-order chi connectivity index (χ0) is 44.1. The Morgan fingerprint density at radius 2 is 0.545 bits per heavy atom. The maximum absolute atomic E-state index is 5.65. The van der Waals surface area contributed by atoms with E-state index in [1.807, 2.05) is 12.1 Å². The maximum atomic E-state index is 5.65. The molecule has 0 amide bonds. The highest BCUT2D eigenvalue weighted by molar-refractivity contribution is 6.05. The monoisotopic (exact) mass is 841 g/mol. The fourth-order valence-corrected chi connectivity index (χ4v) is 8.99. The second kappa shape index (κ2) is 18.1. The second-order valence-electron chi connectivity index (χ2n) is 16.3. The molecule has 0 unspecified atom stereocenters. The molecule has 3 nitrogen and oxygen atoms in total. The van der Waals surface area contributed by atoms with Gasteiger partial charge < -0.3 is 0 Å². The Hall–Kier alpha value is -8.79. The van der Waals surface area contributed by atoms with Crippen LogP contribution >= 0.6 is 0 Å². The molecule has 0 bridgehead atoms. The minimum absolute atomic E-state index is 0.682. The van der Waals surface area contributed by atoms with Crippen LogP contribution in [0.25, 0.3) is 112 Å². The summed E-state index contributed by atoms with van der Waals surface area (Å²) in [7, 11) is 0. The maximum Gasteiger partial charge on any atom is 0.161 e. The molecule has 0 aliphatic heterocycles. The van der Waals surface area contributed by atoms with Gasteiger partial charge in [-0.1, -0.05) is 243 Å². The lowest BCUT2D eigenvalue weighted by Crippen LogP contribution is -2.01. The standard InChI is InChI=1S/C63H43N3/c1-7-23-44(24-8-1)54-39-19-20-40-55(54)63-64-56(45-25-9-2-10-26-45)43-57(65-63)52-37-21-35-50(41-52)51-36-22-38-53(42-51)58-59(46-27-11-3-12-28-46)61(48-31-15-5-16-32-48)66-62(49-33-17-6-18-34-49)60(58)47-29-13-4-14-30-47/h1-43H. The number of benzene rings is 9. The molecule has 0 saturated heterocycles. The molecule has 0 saturated carbocycles. The van der Waals surface area contributed by atoms with Gasteiger partial charge in [-0.05, 0) is 57.1 Å². The van der Waals surface area contributed by atoms with Gasteiger partial charge in [0.15, 0.2) is 5.82 Å². The van der Waals surface area contributed by atoms with Crippen LogP contribution in [-0.4, -0.2) is 15.0 Å². The van der Waals surface area contributed by atoms with Crippen molar-refractivity contribution in [2.45, 2.75) is 0 Å². The van der Waals surface area contributed by atoms with Gasteiger partial charge in [-0.3, -0.25) is 0 Å². The molecule has 0 atom stereocenters. The highest BCUT2D eigenvalue weighted by Crippen LogP contribution is 2.49. The molecule has 0 aliphatic carbocycles. The molecular weight excluding hydrogens is 799 g/mol. The average molecular weight is 842 g/mol. The van der Waals surface area contributed by atoms with E-state index < -0.39 is 0 Å². The topological polar surface area (TPSA) is 38.7 Å². The largest absolute Gasteiger partial charge is 0.246 e. The Morgan fingerprint density at radius 3 is 1.05 bits per heavy atom. The smallest absolute Gasteiger partial charge is 0.161 e. The molecule has 9 aromatic carbocycles. The van der Waals surface area contributed by atoms with Gasteiger partial charge in [0, 0.05) is 44.5 Å². The first kappa shape index (κ1) is 40.0. The lowest BCUT2D eigenvalue weighted by molar-refractivity contribution is 1.18. The lowest BCUT2D eigenvalue weighted by atomic mass is 9.82. The second-order valence-corrected chi connectivity index (χ2v) is 16.3. The van der Waals surface area contributed by atoms with E-state index in [-0.39, 0.29) is 0 Å². The Bertz CT molecular complexity index is 3330. The van der Waals surface area contributed by atoms with E-state index in [1.165, 1.54) is 0 Å². The summed E-state index contributed by atoms with van der Waals surface area (Å²) in [5.74, 6) is 0.682. The van der Waals surface area contributed by atoms with Crippen LogP contribution in [0.2, 0.25) is 0 Å². The summed E-state index contributed by atoms with van der Waals surface area (Å²) in [6.45, 7) is 0. The third-order valence-electron chi connectivity index (χ3n) is 12.1. The molecular formula is C63H43N3. The molecule has 11 rings (SSSR count). The molecule has 2 heterocycles. The third-order valence-corrected chi connectivity index (χ3v) is 12.1. The van der Waals surface area contributed by atoms with Crippen molar-refractivity contribution in [1.29, 1.82) is 0 Å². The summed E-state index contributed by atoms with van der Waals surface area (Å²) in [5.41, 5.74) is 19.7. The van der Waals surface area contributed by atoms with Crippen molar-refractivity contribution in [3.05, 3.63) is 261 Å². The van der Waals surface area contributed by atoms with Gasteiger partial charge in [0.1, 0.15) is 0 Å². The summed E-state index contributed by atoms with van der Waals surface area (Å²) in [5, 5.41) is 0. The van der Waals surface area contributed by atoms with Crippen molar-refractivity contribution in [2.24, 2.45) is 0 Å². The average Bonchev–Trinajstić information content (AvgIpc) is 3.41. The van der Waals surface area contributed by atoms with Gasteiger partial charge >= 0.3 is 0 Å². The predicted molar refractivity (Wildman–Crippen MR) is 274 cm³/mol. The van der Waals surface area contributed by atoms with Crippen LogP contribution < -0.4 is 0 Å². The number of nitrogens with zero attached hydrogens (tertiary/aromatic N) is 3. The molecule has 11 aromatic rings. The Balaban J connectivity index is 1.12. The summed E-state index contributed by atoms with van der Waals surface area (Å²) < 4.78 is 0. The fraction of sp³-hybridized carbons (Fsp3) is 0. The predicted octanol–water partition coefficient (Wildman–Crippen LogP) is 16.5. The number of hydrogen-bond donors (Lipinski definition) is 0. The van der Waals surface area contributed by atoms with Crippen LogP contribution in [0.1, 0.15) is 0 Å². The first-order chi connectivity index (χ1) is 32.7. The minimum Gasteiger partial charge on any atom is -0.246 e. The van der Waals surface area contributed by atoms with Crippen molar-refractivity contribution in [1.82, 2.24) is 15.0 Å². The quantitative estimate of drug-likeness (QED) is 0.138. The zero-order valence-corrected chi connectivity index (χ0v) is 36.2. The summed E-state index contributed by atoms with van der Waals surface area (Å²) >= 11 is 0. The number of rotatable bonds is 10. The van der Waals surface area contributed by atoms with Crippen LogP contribution in [0.3, 0.4) is 0 Å². The fourth-order valence-electron chi connectivity index (χ4n) is 8.99. The summed E-state index contributed by atoms with van der Waals surface area (Å²) in [6.07, 6.45) is 0. The van der Waals surface area contributed by atoms with Crippen molar-refractivity contribution in [3.8, 4) is 112 Å². The summed E-state index contributed by atoms with van der Waals surface area (Å²) in [4.78, 5) is 16.2. The zero-order valence-electron chi connectivity index (χ0n) is 36.2. The van der Waals surface area contributed by atoms with E-state index >= 15 is 0 Å². The minimum atomic E-state index is 0.682. The highest BCUT2D eigenvalue weighted by Gasteiger charge is 2.25. The molecule has 66 heavy (non-hydrogen) atoms. The van der Waals surface area contributed by atoms with Gasteiger partial charge in [0.05, 0.1) is 22.8 Å². The third kappa shape index (κ3) is 8.02. The molecule has 310 valence electrons. The van der Waals surface area contributed by atoms with Crippen molar-refractivity contribution < 1.29 is 0 Å². The molecule has 0 fully saturated rings. The Labute approximate surface area is 386 Å². The number of pyridine rings is 1. The first-order valence-corrected chi connectivity index (χ1v) is 22.4. The molecule has 0 aliphatic rings. The van der Waals surface area contributed by atoms with Crippen LogP contribution in [0.4, 0.5) is 0 Å². The Morgan fingerprint density at radius 1 is 0.197 bits per heavy atom. The SMILES string of the molecule is c1ccc(-c2cc(-c3cccc(-c4cccc(-c5c(-c6ccccc6)c(-c6ccccc6)nc(-c6ccccc6)c5-c5ccccc5)c4)c3)nc(-c3ccccc3-c3ccccc3)n2)cc1. The Kier molecular flexibility index (Phi) is 11.0. The van der Waals surface area contributed by atoms with Gasteiger partial charge in [0.2, 0.25) is 0 Å². The van der Waals surface area contributed by atoms with E-state index in [4.69, 9.17) is 15.0 Å². The summed E-state index contributed by atoms with van der Waals surface area (Å²) in [6, 6.07) is 91.7. The first-order valence-electron chi connectivity index (χ1n) is 22.4. The normalized spacial score (nSPS) is 11.0. The van der Waals surface area contributed by atoms with Crippen LogP contribution in [0.5, 0.6) is 0 Å². The molecule has 0 radical (unpaired) electrons. The number of aromatic nitrogens is 3. The van der Waals surface area contributed by atoms with Gasteiger partial charge in [-0.2, -0.15) is 0 Å². The van der Waals surface area contributed by atoms with Crippen molar-refractivity contribution in [3.63, 3.8) is 0 Å². The number of hydrogen-bond acceptors (Lipinski definition) is 3. The van der Waals surface area contributed by atoms with Gasteiger partial charge in [0.25, 0.3) is 0 Å². The van der Waals surface area contributed by atoms with E-state index in [9.17, 15) is 0 Å². The van der Waals surface area contributed by atoms with Crippen molar-refractivity contribution in [2.75, 3.05) is 0 Å². The van der Waals surface area contributed by atoms with E-state index in [0.717, 1.165) is 106 Å². The molecule has 2 aromatic heterocycles. The molecule has 0 N–H and O–H groups in total. The van der Waals surface area contributed by atoms with Crippen molar-refractivity contribution >= 4 is 0 Å².